The van der Waals surface area contributed by atoms with Crippen molar-refractivity contribution in [1.29, 1.82) is 0 Å². The third-order valence-corrected chi connectivity index (χ3v) is 3.30. The number of rotatable bonds is 2. The van der Waals surface area contributed by atoms with Gasteiger partial charge in [-0.25, -0.2) is 0 Å². The summed E-state index contributed by atoms with van der Waals surface area (Å²) in [5, 5.41) is 9.35. The number of amides is 1. The summed E-state index contributed by atoms with van der Waals surface area (Å²) in [6, 6.07) is 2.37. The van der Waals surface area contributed by atoms with Gasteiger partial charge < -0.3 is 20.6 Å². The maximum atomic E-state index is 12.4. The topological polar surface area (TPSA) is 103 Å². The van der Waals surface area contributed by atoms with E-state index in [2.05, 4.69) is 9.88 Å². The summed E-state index contributed by atoms with van der Waals surface area (Å²) in [6.45, 7) is 2.39. The Balaban J connectivity index is 2.25. The number of aromatic hydroxyl groups is 1. The van der Waals surface area contributed by atoms with E-state index in [9.17, 15) is 14.7 Å². The molecule has 2 rings (SSSR count). The molecule has 1 fully saturated rings. The van der Waals surface area contributed by atoms with Crippen molar-refractivity contribution in [1.82, 2.24) is 14.8 Å². The first-order valence-electron chi connectivity index (χ1n) is 6.14. The molecule has 4 N–H and O–H groups in total. The van der Waals surface area contributed by atoms with Gasteiger partial charge in [0.05, 0.1) is 11.6 Å². The number of pyridine rings is 1. The number of nitrogens with two attached hydrogens (primary N) is 1. The van der Waals surface area contributed by atoms with E-state index in [1.54, 1.807) is 4.90 Å². The van der Waals surface area contributed by atoms with Crippen LogP contribution in [0, 0.1) is 0 Å². The SMILES string of the molecule is CN1CCN(C(=O)c2cc(O)[nH]c(=O)c2)C(CN)C1. The molecule has 1 atom stereocenters. The third kappa shape index (κ3) is 2.94. The summed E-state index contributed by atoms with van der Waals surface area (Å²) in [5.74, 6) is -0.584. The fourth-order valence-electron chi connectivity index (χ4n) is 2.30. The molecular weight excluding hydrogens is 248 g/mol. The van der Waals surface area contributed by atoms with Gasteiger partial charge in [0.2, 0.25) is 0 Å². The van der Waals surface area contributed by atoms with Crippen LogP contribution < -0.4 is 11.3 Å². The molecule has 1 aliphatic rings. The van der Waals surface area contributed by atoms with Crippen molar-refractivity contribution in [3.8, 4) is 5.88 Å². The van der Waals surface area contributed by atoms with Crippen molar-refractivity contribution in [2.75, 3.05) is 33.2 Å². The largest absolute Gasteiger partial charge is 0.494 e. The Kier molecular flexibility index (Phi) is 3.87. The van der Waals surface area contributed by atoms with Crippen LogP contribution in [-0.2, 0) is 0 Å². The number of H-pyrrole nitrogens is 1. The van der Waals surface area contributed by atoms with E-state index in [1.165, 1.54) is 12.1 Å². The van der Waals surface area contributed by atoms with Crippen molar-refractivity contribution >= 4 is 5.91 Å². The number of aromatic amines is 1. The molecule has 0 aliphatic carbocycles. The van der Waals surface area contributed by atoms with Gasteiger partial charge in [0.25, 0.3) is 11.5 Å². The van der Waals surface area contributed by atoms with E-state index in [-0.39, 0.29) is 23.4 Å². The lowest BCUT2D eigenvalue weighted by molar-refractivity contribution is 0.0515. The van der Waals surface area contributed by atoms with E-state index >= 15 is 0 Å². The van der Waals surface area contributed by atoms with E-state index in [4.69, 9.17) is 5.73 Å². The Morgan fingerprint density at radius 1 is 1.53 bits per heavy atom. The highest BCUT2D eigenvalue weighted by atomic mass is 16.3. The maximum Gasteiger partial charge on any atom is 0.254 e. The average molecular weight is 266 g/mol. The predicted molar refractivity (Wildman–Crippen MR) is 70.1 cm³/mol. The van der Waals surface area contributed by atoms with Gasteiger partial charge in [-0.15, -0.1) is 0 Å². The molecule has 0 radical (unpaired) electrons. The van der Waals surface area contributed by atoms with Gasteiger partial charge in [-0.3, -0.25) is 14.6 Å². The number of hydrogen-bond donors (Lipinski definition) is 3. The lowest BCUT2D eigenvalue weighted by atomic mass is 10.1. The molecule has 7 heteroatoms. The van der Waals surface area contributed by atoms with Crippen molar-refractivity contribution in [3.63, 3.8) is 0 Å². The smallest absolute Gasteiger partial charge is 0.254 e. The molecule has 0 saturated carbocycles. The monoisotopic (exact) mass is 266 g/mol. The van der Waals surface area contributed by atoms with Crippen LogP contribution >= 0.6 is 0 Å². The van der Waals surface area contributed by atoms with E-state index in [0.29, 0.717) is 19.6 Å². The van der Waals surface area contributed by atoms with Crippen molar-refractivity contribution in [2.24, 2.45) is 5.73 Å². The van der Waals surface area contributed by atoms with Crippen LogP contribution in [-0.4, -0.2) is 65.1 Å². The standard InChI is InChI=1S/C12H18N4O3/c1-15-2-3-16(9(6-13)7-15)12(19)8-4-10(17)14-11(18)5-8/h4-5,9H,2-3,6-7,13H2,1H3,(H2,14,17,18). The Morgan fingerprint density at radius 2 is 2.26 bits per heavy atom. The number of likely N-dealkylation sites (N-methyl/N-ethyl adjacent to an activating group) is 1. The normalized spacial score (nSPS) is 20.5. The van der Waals surface area contributed by atoms with Crippen LogP contribution in [0.2, 0.25) is 0 Å². The highest BCUT2D eigenvalue weighted by Gasteiger charge is 2.29. The van der Waals surface area contributed by atoms with Crippen molar-refractivity contribution in [3.05, 3.63) is 28.0 Å². The summed E-state index contributed by atoms with van der Waals surface area (Å²) in [6.07, 6.45) is 0. The molecule has 0 spiro atoms. The molecule has 1 saturated heterocycles. The van der Waals surface area contributed by atoms with Crippen LogP contribution in [0.1, 0.15) is 10.4 Å². The summed E-state index contributed by atoms with van der Waals surface area (Å²) in [4.78, 5) is 29.6. The number of nitrogens with zero attached hydrogens (tertiary/aromatic N) is 2. The molecule has 1 unspecified atom stereocenters. The molecule has 1 aromatic heterocycles. The van der Waals surface area contributed by atoms with Gasteiger partial charge in [-0.05, 0) is 7.05 Å². The van der Waals surface area contributed by atoms with Crippen LogP contribution in [0.5, 0.6) is 5.88 Å². The van der Waals surface area contributed by atoms with Gasteiger partial charge in [-0.1, -0.05) is 0 Å². The summed E-state index contributed by atoms with van der Waals surface area (Å²) < 4.78 is 0. The van der Waals surface area contributed by atoms with Gasteiger partial charge >= 0.3 is 0 Å². The second kappa shape index (κ2) is 5.41. The zero-order valence-corrected chi connectivity index (χ0v) is 10.8. The van der Waals surface area contributed by atoms with Crippen LogP contribution in [0.25, 0.3) is 0 Å². The zero-order chi connectivity index (χ0) is 14.0. The highest BCUT2D eigenvalue weighted by molar-refractivity contribution is 5.94. The minimum absolute atomic E-state index is 0.0762. The molecule has 1 aromatic rings. The number of carbonyl (C=O) groups excluding carboxylic acids is 1. The van der Waals surface area contributed by atoms with E-state index in [0.717, 1.165) is 6.54 Å². The highest BCUT2D eigenvalue weighted by Crippen LogP contribution is 2.13. The molecular formula is C12H18N4O3. The van der Waals surface area contributed by atoms with Crippen LogP contribution in [0.3, 0.4) is 0 Å². The average Bonchev–Trinajstić information content (AvgIpc) is 2.36. The van der Waals surface area contributed by atoms with E-state index < -0.39 is 5.56 Å². The zero-order valence-electron chi connectivity index (χ0n) is 10.8. The number of nitrogens with one attached hydrogen (secondary N) is 1. The first-order valence-corrected chi connectivity index (χ1v) is 6.14. The van der Waals surface area contributed by atoms with E-state index in [1.807, 2.05) is 7.05 Å². The lowest BCUT2D eigenvalue weighted by Crippen LogP contribution is -2.56. The molecule has 1 amide bonds. The number of carbonyl (C=O) groups is 1. The van der Waals surface area contributed by atoms with Gasteiger partial charge in [0, 0.05) is 38.3 Å². The predicted octanol–water partition coefficient (Wildman–Crippen LogP) is -1.20. The number of hydrogen-bond acceptors (Lipinski definition) is 5. The molecule has 19 heavy (non-hydrogen) atoms. The first kappa shape index (κ1) is 13.6. The molecule has 2 heterocycles. The fraction of sp³-hybridized carbons (Fsp3) is 0.500. The summed E-state index contributed by atoms with van der Waals surface area (Å²) >= 11 is 0. The number of piperazine rings is 1. The maximum absolute atomic E-state index is 12.4. The fourth-order valence-corrected chi connectivity index (χ4v) is 2.30. The Morgan fingerprint density at radius 3 is 2.89 bits per heavy atom. The molecule has 0 bridgehead atoms. The Labute approximate surface area is 110 Å². The van der Waals surface area contributed by atoms with Gasteiger partial charge in [0.1, 0.15) is 0 Å². The molecule has 7 nitrogen and oxygen atoms in total. The quantitative estimate of drug-likeness (QED) is 0.623. The first-order chi connectivity index (χ1) is 9.01. The van der Waals surface area contributed by atoms with Crippen molar-refractivity contribution in [2.45, 2.75) is 6.04 Å². The van der Waals surface area contributed by atoms with Crippen LogP contribution in [0.15, 0.2) is 16.9 Å². The molecule has 0 aromatic carbocycles. The Hall–Kier alpha value is -1.86. The number of aromatic nitrogens is 1. The summed E-state index contributed by atoms with van der Waals surface area (Å²) in [5.41, 5.74) is 5.38. The van der Waals surface area contributed by atoms with Crippen molar-refractivity contribution < 1.29 is 9.90 Å². The second-order valence-corrected chi connectivity index (χ2v) is 4.77. The van der Waals surface area contributed by atoms with Gasteiger partial charge in [0.15, 0.2) is 5.88 Å². The Bertz CT molecular complexity index is 528. The minimum atomic E-state index is -0.498. The lowest BCUT2D eigenvalue weighted by Gasteiger charge is -2.39. The minimum Gasteiger partial charge on any atom is -0.494 e. The second-order valence-electron chi connectivity index (χ2n) is 4.77. The molecule has 104 valence electrons. The summed E-state index contributed by atoms with van der Waals surface area (Å²) in [7, 11) is 1.98. The molecule has 1 aliphatic heterocycles. The third-order valence-electron chi connectivity index (χ3n) is 3.30. The van der Waals surface area contributed by atoms with Gasteiger partial charge in [-0.2, -0.15) is 0 Å². The van der Waals surface area contributed by atoms with Crippen LogP contribution in [0.4, 0.5) is 0 Å².